The quantitative estimate of drug-likeness (QED) is 0.868. The Kier molecular flexibility index (Phi) is 4.31. The minimum Gasteiger partial charge on any atom is -0.478 e. The molecule has 0 fully saturated rings. The standard InChI is InChI=1S/C12H11ClN4O3/c1-20-12-16-10(13)15-11(17-12)14-6-7-3-2-4-8(5-7)9(18)19/h2-5H,6H2,1H3,(H,18,19)(H,14,15,16,17). The fourth-order valence-corrected chi connectivity index (χ4v) is 1.65. The minimum absolute atomic E-state index is 0.0126. The van der Waals surface area contributed by atoms with Gasteiger partial charge in [-0.25, -0.2) is 4.79 Å². The molecule has 0 saturated carbocycles. The zero-order chi connectivity index (χ0) is 14.5. The molecule has 7 nitrogen and oxygen atoms in total. The zero-order valence-electron chi connectivity index (χ0n) is 10.5. The summed E-state index contributed by atoms with van der Waals surface area (Å²) in [6, 6.07) is 6.65. The van der Waals surface area contributed by atoms with Gasteiger partial charge in [-0.1, -0.05) is 12.1 Å². The number of anilines is 1. The number of nitrogens with one attached hydrogen (secondary N) is 1. The van der Waals surface area contributed by atoms with Crippen molar-refractivity contribution in [2.75, 3.05) is 12.4 Å². The predicted octanol–water partition coefficient (Wildman–Crippen LogP) is 1.84. The number of aromatic carboxylic acids is 1. The molecular weight excluding hydrogens is 284 g/mol. The van der Waals surface area contributed by atoms with Gasteiger partial charge in [0.1, 0.15) is 0 Å². The van der Waals surface area contributed by atoms with Crippen molar-refractivity contribution in [2.45, 2.75) is 6.54 Å². The molecule has 20 heavy (non-hydrogen) atoms. The van der Waals surface area contributed by atoms with Crippen LogP contribution in [0.1, 0.15) is 15.9 Å². The molecule has 0 aliphatic carbocycles. The molecule has 0 atom stereocenters. The third-order valence-electron chi connectivity index (χ3n) is 2.39. The third-order valence-corrected chi connectivity index (χ3v) is 2.56. The molecule has 0 saturated heterocycles. The topological polar surface area (TPSA) is 97.2 Å². The molecule has 1 aromatic carbocycles. The molecule has 104 valence electrons. The monoisotopic (exact) mass is 294 g/mol. The number of carboxylic acids is 1. The first-order valence-electron chi connectivity index (χ1n) is 5.60. The van der Waals surface area contributed by atoms with Crippen LogP contribution in [-0.4, -0.2) is 33.1 Å². The minimum atomic E-state index is -0.975. The first-order chi connectivity index (χ1) is 9.58. The maximum Gasteiger partial charge on any atom is 0.335 e. The number of hydrogen-bond acceptors (Lipinski definition) is 6. The van der Waals surface area contributed by atoms with E-state index in [1.54, 1.807) is 18.2 Å². The predicted molar refractivity (Wildman–Crippen MR) is 72.1 cm³/mol. The second kappa shape index (κ2) is 6.16. The van der Waals surface area contributed by atoms with Crippen LogP contribution in [0.3, 0.4) is 0 Å². The van der Waals surface area contributed by atoms with Gasteiger partial charge in [0.05, 0.1) is 12.7 Å². The summed E-state index contributed by atoms with van der Waals surface area (Å²) in [5.74, 6) is -0.723. The van der Waals surface area contributed by atoms with E-state index in [1.165, 1.54) is 13.2 Å². The Morgan fingerprint density at radius 2 is 2.20 bits per heavy atom. The van der Waals surface area contributed by atoms with E-state index in [2.05, 4.69) is 20.3 Å². The van der Waals surface area contributed by atoms with Gasteiger partial charge in [0.2, 0.25) is 11.2 Å². The molecule has 1 aromatic heterocycles. The van der Waals surface area contributed by atoms with E-state index in [0.717, 1.165) is 5.56 Å². The lowest BCUT2D eigenvalue weighted by Gasteiger charge is -2.06. The van der Waals surface area contributed by atoms with E-state index in [9.17, 15) is 4.79 Å². The molecule has 2 N–H and O–H groups in total. The van der Waals surface area contributed by atoms with Crippen molar-refractivity contribution in [3.05, 3.63) is 40.7 Å². The summed E-state index contributed by atoms with van der Waals surface area (Å²) in [6.07, 6.45) is 0. The summed E-state index contributed by atoms with van der Waals surface area (Å²) in [5.41, 5.74) is 0.996. The normalized spacial score (nSPS) is 10.1. The van der Waals surface area contributed by atoms with Crippen LogP contribution < -0.4 is 10.1 Å². The van der Waals surface area contributed by atoms with Crippen LogP contribution in [0.2, 0.25) is 5.28 Å². The average molecular weight is 295 g/mol. The zero-order valence-corrected chi connectivity index (χ0v) is 11.3. The molecule has 0 aliphatic heterocycles. The first kappa shape index (κ1) is 14.0. The Morgan fingerprint density at radius 3 is 2.90 bits per heavy atom. The van der Waals surface area contributed by atoms with Gasteiger partial charge in [-0.15, -0.1) is 0 Å². The van der Waals surface area contributed by atoms with Crippen molar-refractivity contribution >= 4 is 23.5 Å². The molecule has 0 radical (unpaired) electrons. The smallest absolute Gasteiger partial charge is 0.335 e. The molecule has 0 bridgehead atoms. The Labute approximate surface area is 119 Å². The van der Waals surface area contributed by atoms with Crippen molar-refractivity contribution in [3.63, 3.8) is 0 Å². The van der Waals surface area contributed by atoms with Crippen molar-refractivity contribution in [2.24, 2.45) is 0 Å². The van der Waals surface area contributed by atoms with E-state index >= 15 is 0 Å². The molecule has 2 aromatic rings. The highest BCUT2D eigenvalue weighted by Gasteiger charge is 2.06. The van der Waals surface area contributed by atoms with E-state index < -0.39 is 5.97 Å². The van der Waals surface area contributed by atoms with Crippen molar-refractivity contribution in [1.29, 1.82) is 0 Å². The summed E-state index contributed by atoms with van der Waals surface area (Å²) in [7, 11) is 1.42. The summed E-state index contributed by atoms with van der Waals surface area (Å²) >= 11 is 5.72. The van der Waals surface area contributed by atoms with E-state index in [1.807, 2.05) is 0 Å². The number of aromatic nitrogens is 3. The number of carboxylic acid groups (broad SMARTS) is 1. The Bertz CT molecular complexity index is 636. The molecular formula is C12H11ClN4O3. The van der Waals surface area contributed by atoms with Crippen LogP contribution in [0, 0.1) is 0 Å². The fourth-order valence-electron chi connectivity index (χ4n) is 1.50. The van der Waals surface area contributed by atoms with Gasteiger partial charge in [0.15, 0.2) is 0 Å². The van der Waals surface area contributed by atoms with Gasteiger partial charge >= 0.3 is 12.0 Å². The summed E-state index contributed by atoms with van der Waals surface area (Å²) in [4.78, 5) is 22.5. The van der Waals surface area contributed by atoms with Crippen LogP contribution in [-0.2, 0) is 6.54 Å². The first-order valence-corrected chi connectivity index (χ1v) is 5.98. The maximum absolute atomic E-state index is 10.9. The van der Waals surface area contributed by atoms with Crippen molar-refractivity contribution in [1.82, 2.24) is 15.0 Å². The summed E-state index contributed by atoms with van der Waals surface area (Å²) in [6.45, 7) is 0.352. The van der Waals surface area contributed by atoms with Crippen LogP contribution in [0.5, 0.6) is 6.01 Å². The second-order valence-corrected chi connectivity index (χ2v) is 4.11. The number of rotatable bonds is 5. The van der Waals surface area contributed by atoms with Gasteiger partial charge in [-0.2, -0.15) is 15.0 Å². The SMILES string of the molecule is COc1nc(Cl)nc(NCc2cccc(C(=O)O)c2)n1. The van der Waals surface area contributed by atoms with Gasteiger partial charge in [0.25, 0.3) is 0 Å². The lowest BCUT2D eigenvalue weighted by Crippen LogP contribution is -2.07. The van der Waals surface area contributed by atoms with Crippen LogP contribution in [0.4, 0.5) is 5.95 Å². The van der Waals surface area contributed by atoms with Gasteiger partial charge in [-0.05, 0) is 29.3 Å². The van der Waals surface area contributed by atoms with E-state index in [-0.39, 0.29) is 22.8 Å². The molecule has 0 unspecified atom stereocenters. The van der Waals surface area contributed by atoms with E-state index in [0.29, 0.717) is 6.54 Å². The fraction of sp³-hybridized carbons (Fsp3) is 0.167. The summed E-state index contributed by atoms with van der Waals surface area (Å²) < 4.78 is 4.87. The van der Waals surface area contributed by atoms with Gasteiger partial charge < -0.3 is 15.2 Å². The number of benzene rings is 1. The number of nitrogens with zero attached hydrogens (tertiary/aromatic N) is 3. The van der Waals surface area contributed by atoms with Crippen molar-refractivity contribution < 1.29 is 14.6 Å². The Morgan fingerprint density at radius 1 is 1.40 bits per heavy atom. The number of hydrogen-bond donors (Lipinski definition) is 2. The average Bonchev–Trinajstić information content (AvgIpc) is 2.44. The number of ether oxygens (including phenoxy) is 1. The van der Waals surface area contributed by atoms with Gasteiger partial charge in [-0.3, -0.25) is 0 Å². The second-order valence-electron chi connectivity index (χ2n) is 3.77. The number of halogens is 1. The lowest BCUT2D eigenvalue weighted by molar-refractivity contribution is 0.0697. The number of methoxy groups -OCH3 is 1. The molecule has 1 heterocycles. The third kappa shape index (κ3) is 3.55. The highest BCUT2D eigenvalue weighted by Crippen LogP contribution is 2.12. The number of carbonyl (C=O) groups is 1. The highest BCUT2D eigenvalue weighted by atomic mass is 35.5. The highest BCUT2D eigenvalue weighted by molar-refractivity contribution is 6.28. The summed E-state index contributed by atoms with van der Waals surface area (Å²) in [5, 5.41) is 11.8. The molecule has 2 rings (SSSR count). The Balaban J connectivity index is 2.10. The largest absolute Gasteiger partial charge is 0.478 e. The van der Waals surface area contributed by atoms with Crippen LogP contribution in [0.15, 0.2) is 24.3 Å². The molecule has 0 aliphatic rings. The van der Waals surface area contributed by atoms with E-state index in [4.69, 9.17) is 21.4 Å². The van der Waals surface area contributed by atoms with Gasteiger partial charge in [0, 0.05) is 6.54 Å². The lowest BCUT2D eigenvalue weighted by atomic mass is 10.1. The van der Waals surface area contributed by atoms with Crippen molar-refractivity contribution in [3.8, 4) is 6.01 Å². The maximum atomic E-state index is 10.9. The molecule has 0 amide bonds. The molecule has 0 spiro atoms. The Hall–Kier alpha value is -2.41. The molecule has 8 heteroatoms. The van der Waals surface area contributed by atoms with Crippen LogP contribution >= 0.6 is 11.6 Å². The van der Waals surface area contributed by atoms with Crippen LogP contribution in [0.25, 0.3) is 0 Å².